The van der Waals surface area contributed by atoms with Crippen LogP contribution in [0.5, 0.6) is 0 Å². The van der Waals surface area contributed by atoms with E-state index in [0.29, 0.717) is 5.75 Å². The highest BCUT2D eigenvalue weighted by Gasteiger charge is 2.13. The largest absolute Gasteiger partial charge is 0.259 e. The van der Waals surface area contributed by atoms with E-state index < -0.39 is 0 Å². The van der Waals surface area contributed by atoms with Gasteiger partial charge >= 0.3 is 0 Å². The highest BCUT2D eigenvalue weighted by atomic mass is 79.9. The summed E-state index contributed by atoms with van der Waals surface area (Å²) in [6, 6.07) is 0. The first kappa shape index (κ1) is 7.81. The number of halogens is 1. The monoisotopic (exact) mass is 221 g/mol. The molecule has 1 aliphatic rings. The van der Waals surface area contributed by atoms with Crippen LogP contribution in [0.2, 0.25) is 0 Å². The summed E-state index contributed by atoms with van der Waals surface area (Å²) in [5.41, 5.74) is 0.249. The molecule has 3 nitrogen and oxygen atoms in total. The Morgan fingerprint density at radius 1 is 1.80 bits per heavy atom. The number of nitro groups is 1. The van der Waals surface area contributed by atoms with Gasteiger partial charge < -0.3 is 0 Å². The molecule has 0 aromatic rings. The minimum Gasteiger partial charge on any atom is -0.259 e. The van der Waals surface area contributed by atoms with Crippen LogP contribution in [0.3, 0.4) is 0 Å². The lowest BCUT2D eigenvalue weighted by atomic mass is 10.4. The lowest BCUT2D eigenvalue weighted by Gasteiger charge is -2.00. The minimum atomic E-state index is -0.360. The van der Waals surface area contributed by atoms with Crippen LogP contribution < -0.4 is 0 Å². The second-order valence-electron chi connectivity index (χ2n) is 1.71. The van der Waals surface area contributed by atoms with Gasteiger partial charge in [-0.15, -0.1) is 11.8 Å². The van der Waals surface area contributed by atoms with Crippen molar-refractivity contribution in [3.8, 4) is 0 Å². The van der Waals surface area contributed by atoms with Crippen LogP contribution in [-0.2, 0) is 0 Å². The van der Waals surface area contributed by atoms with Crippen LogP contribution in [0.4, 0.5) is 0 Å². The maximum absolute atomic E-state index is 10.2. The van der Waals surface area contributed by atoms with Crippen molar-refractivity contribution in [2.45, 2.75) is 0 Å². The molecule has 1 rings (SSSR count). The third-order valence-electron chi connectivity index (χ3n) is 0.966. The molecule has 0 unspecified atom stereocenters. The summed E-state index contributed by atoms with van der Waals surface area (Å²) in [6.45, 7) is 0. The average molecular weight is 222 g/mol. The lowest BCUT2D eigenvalue weighted by Crippen LogP contribution is -2.02. The maximum Gasteiger partial charge on any atom is 0.257 e. The van der Waals surface area contributed by atoms with E-state index in [2.05, 4.69) is 15.9 Å². The normalized spacial score (nSPS) is 17.7. The molecule has 0 amide bonds. The second-order valence-corrected chi connectivity index (χ2v) is 3.48. The third kappa shape index (κ3) is 1.85. The fourth-order valence-electron chi connectivity index (χ4n) is 0.547. The SMILES string of the molecule is O=[N+]([O-])C1=CC(Br)=CSC1. The van der Waals surface area contributed by atoms with Gasteiger partial charge in [0.05, 0.1) is 10.7 Å². The predicted octanol–water partition coefficient (Wildman–Crippen LogP) is 2.13. The molecular formula is C5H4BrNO2S. The van der Waals surface area contributed by atoms with Gasteiger partial charge in [-0.25, -0.2) is 0 Å². The van der Waals surface area contributed by atoms with Crippen molar-refractivity contribution in [2.75, 3.05) is 5.75 Å². The zero-order valence-electron chi connectivity index (χ0n) is 4.91. The molecule has 0 aliphatic carbocycles. The molecule has 1 heterocycles. The molecule has 0 atom stereocenters. The number of hydrogen-bond acceptors (Lipinski definition) is 3. The van der Waals surface area contributed by atoms with Crippen molar-refractivity contribution >= 4 is 27.7 Å². The predicted molar refractivity (Wildman–Crippen MR) is 44.5 cm³/mol. The van der Waals surface area contributed by atoms with E-state index >= 15 is 0 Å². The van der Waals surface area contributed by atoms with Gasteiger partial charge in [0.15, 0.2) is 0 Å². The number of rotatable bonds is 1. The Labute approximate surface area is 70.5 Å². The number of nitrogens with zero attached hydrogens (tertiary/aromatic N) is 1. The summed E-state index contributed by atoms with van der Waals surface area (Å²) >= 11 is 4.58. The van der Waals surface area contributed by atoms with Crippen LogP contribution in [0, 0.1) is 10.1 Å². The summed E-state index contributed by atoms with van der Waals surface area (Å²) in [6.07, 6.45) is 1.52. The van der Waals surface area contributed by atoms with Gasteiger partial charge in [0.25, 0.3) is 5.70 Å². The quantitative estimate of drug-likeness (QED) is 0.504. The topological polar surface area (TPSA) is 43.1 Å². The van der Waals surface area contributed by atoms with Gasteiger partial charge in [0, 0.05) is 10.6 Å². The molecule has 0 saturated carbocycles. The zero-order chi connectivity index (χ0) is 7.56. The zero-order valence-corrected chi connectivity index (χ0v) is 7.31. The standard InChI is InChI=1S/C5H4BrNO2S/c6-4-1-5(7(8)9)3-10-2-4/h1-2H,3H2. The molecule has 0 aromatic carbocycles. The van der Waals surface area contributed by atoms with Gasteiger partial charge in [-0.05, 0) is 5.41 Å². The van der Waals surface area contributed by atoms with Gasteiger partial charge in [-0.1, -0.05) is 15.9 Å². The average Bonchev–Trinajstić information content (AvgIpc) is 1.88. The van der Waals surface area contributed by atoms with Crippen LogP contribution in [0.15, 0.2) is 21.7 Å². The van der Waals surface area contributed by atoms with Crippen LogP contribution in [-0.4, -0.2) is 10.7 Å². The lowest BCUT2D eigenvalue weighted by molar-refractivity contribution is -0.423. The van der Waals surface area contributed by atoms with E-state index in [4.69, 9.17) is 0 Å². The Morgan fingerprint density at radius 3 is 2.90 bits per heavy atom. The van der Waals surface area contributed by atoms with E-state index in [1.165, 1.54) is 17.8 Å². The Balaban J connectivity index is 2.78. The van der Waals surface area contributed by atoms with Crippen molar-refractivity contribution in [1.29, 1.82) is 0 Å². The van der Waals surface area contributed by atoms with Crippen LogP contribution >= 0.6 is 27.7 Å². The Bertz CT molecular complexity index is 224. The van der Waals surface area contributed by atoms with E-state index in [9.17, 15) is 10.1 Å². The molecular weight excluding hydrogens is 218 g/mol. The highest BCUT2D eigenvalue weighted by Crippen LogP contribution is 2.23. The maximum atomic E-state index is 10.2. The number of hydrogen-bond donors (Lipinski definition) is 0. The fraction of sp³-hybridized carbons (Fsp3) is 0.200. The van der Waals surface area contributed by atoms with E-state index in [-0.39, 0.29) is 10.6 Å². The van der Waals surface area contributed by atoms with E-state index in [1.807, 2.05) is 5.41 Å². The summed E-state index contributed by atoms with van der Waals surface area (Å²) in [4.78, 5) is 9.82. The molecule has 5 heteroatoms. The smallest absolute Gasteiger partial charge is 0.257 e. The third-order valence-corrected chi connectivity index (χ3v) is 2.61. The molecule has 0 radical (unpaired) electrons. The van der Waals surface area contributed by atoms with Gasteiger partial charge in [0.1, 0.15) is 0 Å². The van der Waals surface area contributed by atoms with Gasteiger partial charge in [-0.2, -0.15) is 0 Å². The first-order valence-corrected chi connectivity index (χ1v) is 4.36. The van der Waals surface area contributed by atoms with Crippen molar-refractivity contribution in [1.82, 2.24) is 0 Å². The Morgan fingerprint density at radius 2 is 2.50 bits per heavy atom. The molecule has 0 aromatic heterocycles. The molecule has 0 bridgehead atoms. The summed E-state index contributed by atoms with van der Waals surface area (Å²) < 4.78 is 0.774. The molecule has 1 aliphatic heterocycles. The molecule has 0 saturated heterocycles. The number of thioether (sulfide) groups is 1. The summed E-state index contributed by atoms with van der Waals surface area (Å²) in [7, 11) is 0. The summed E-state index contributed by atoms with van der Waals surface area (Å²) in [5.74, 6) is 0.460. The summed E-state index contributed by atoms with van der Waals surface area (Å²) in [5, 5.41) is 12.0. The van der Waals surface area contributed by atoms with Crippen molar-refractivity contribution in [3.63, 3.8) is 0 Å². The van der Waals surface area contributed by atoms with E-state index in [0.717, 1.165) is 4.48 Å². The van der Waals surface area contributed by atoms with Crippen molar-refractivity contribution in [3.05, 3.63) is 31.8 Å². The minimum absolute atomic E-state index is 0.249. The Hall–Kier alpha value is -0.290. The van der Waals surface area contributed by atoms with Crippen LogP contribution in [0.1, 0.15) is 0 Å². The fourth-order valence-corrected chi connectivity index (χ4v) is 1.88. The van der Waals surface area contributed by atoms with Crippen molar-refractivity contribution in [2.24, 2.45) is 0 Å². The van der Waals surface area contributed by atoms with Crippen LogP contribution in [0.25, 0.3) is 0 Å². The first-order valence-electron chi connectivity index (χ1n) is 2.52. The first-order chi connectivity index (χ1) is 4.70. The molecule has 0 spiro atoms. The second kappa shape index (κ2) is 3.21. The van der Waals surface area contributed by atoms with Gasteiger partial charge in [0.2, 0.25) is 0 Å². The number of allylic oxidation sites excluding steroid dienone is 2. The van der Waals surface area contributed by atoms with Crippen molar-refractivity contribution < 1.29 is 4.92 Å². The molecule has 10 heavy (non-hydrogen) atoms. The molecule has 0 fully saturated rings. The van der Waals surface area contributed by atoms with Gasteiger partial charge in [-0.3, -0.25) is 10.1 Å². The highest BCUT2D eigenvalue weighted by molar-refractivity contribution is 9.12. The van der Waals surface area contributed by atoms with E-state index in [1.54, 1.807) is 0 Å². The Kier molecular flexibility index (Phi) is 2.50. The molecule has 0 N–H and O–H groups in total. The molecule has 54 valence electrons.